The number of phosphoric acid groups is 1. The van der Waals surface area contributed by atoms with Gasteiger partial charge in [0.15, 0.2) is 6.04 Å². The highest BCUT2D eigenvalue weighted by Gasteiger charge is 2.28. The van der Waals surface area contributed by atoms with Crippen molar-refractivity contribution in [1.82, 2.24) is 5.32 Å². The first kappa shape index (κ1) is 53.4. The number of carboxylic acids is 1. The zero-order chi connectivity index (χ0) is 41.4. The maximum absolute atomic E-state index is 12.3. The van der Waals surface area contributed by atoms with Crippen molar-refractivity contribution in [3.63, 3.8) is 0 Å². The van der Waals surface area contributed by atoms with Crippen LogP contribution in [-0.2, 0) is 32.7 Å². The summed E-state index contributed by atoms with van der Waals surface area (Å²) in [4.78, 5) is 45.8. The predicted octanol–water partition coefficient (Wildman–Crippen LogP) is 11.0. The highest BCUT2D eigenvalue weighted by molar-refractivity contribution is 7.47. The number of phosphoric ester groups is 1. The van der Waals surface area contributed by atoms with E-state index in [9.17, 15) is 34.1 Å². The van der Waals surface area contributed by atoms with Crippen LogP contribution in [0.25, 0.3) is 0 Å². The van der Waals surface area contributed by atoms with E-state index >= 15 is 0 Å². The fraction of sp³-hybridized carbons (Fsp3) is 0.750. The average Bonchev–Trinajstić information content (AvgIpc) is 3.17. The second-order valence-corrected chi connectivity index (χ2v) is 16.0. The van der Waals surface area contributed by atoms with E-state index < -0.39 is 57.6 Å². The molecule has 324 valence electrons. The Labute approximate surface area is 339 Å². The molecule has 0 saturated heterocycles. The molecule has 0 heterocycles. The fourth-order valence-corrected chi connectivity index (χ4v) is 6.49. The number of amides is 1. The molecule has 0 aliphatic heterocycles. The van der Waals surface area contributed by atoms with Gasteiger partial charge in [0.1, 0.15) is 12.7 Å². The van der Waals surface area contributed by atoms with Gasteiger partial charge in [-0.25, -0.2) is 9.36 Å². The van der Waals surface area contributed by atoms with Gasteiger partial charge in [0.25, 0.3) is 0 Å². The molecule has 0 aromatic carbocycles. The molecule has 3 atom stereocenters. The number of hydrogen-bond acceptors (Lipinski definition) is 8. The highest BCUT2D eigenvalue weighted by Crippen LogP contribution is 2.43. The summed E-state index contributed by atoms with van der Waals surface area (Å²) in [6, 6.07) is -1.58. The third kappa shape index (κ3) is 38.3. The number of carbonyl (C=O) groups is 3. The van der Waals surface area contributed by atoms with Crippen LogP contribution in [0.4, 0.5) is 0 Å². The van der Waals surface area contributed by atoms with Crippen molar-refractivity contribution in [2.45, 2.75) is 193 Å². The SMILES string of the molecule is CCCCC/C=C\C/C=C\C/C=C\C/C=C\CCCC(=O)NC(COP(=O)(O)OCC(O)COC(=O)CCCCCCCCCCCCCCCCC)C(=O)O. The molecule has 0 rings (SSSR count). The van der Waals surface area contributed by atoms with Gasteiger partial charge in [0.05, 0.1) is 13.2 Å². The van der Waals surface area contributed by atoms with E-state index in [2.05, 4.69) is 55.6 Å². The molecule has 4 N–H and O–H groups in total. The van der Waals surface area contributed by atoms with E-state index in [1.54, 1.807) is 0 Å². The zero-order valence-corrected chi connectivity index (χ0v) is 35.8. The first-order valence-electron chi connectivity index (χ1n) is 21.7. The van der Waals surface area contributed by atoms with Gasteiger partial charge < -0.3 is 25.2 Å². The molecule has 0 aromatic rings. The quantitative estimate of drug-likeness (QED) is 0.0202. The van der Waals surface area contributed by atoms with Crippen LogP contribution in [0.15, 0.2) is 48.6 Å². The number of unbranched alkanes of at least 4 members (excludes halogenated alkanes) is 18. The van der Waals surface area contributed by atoms with Crippen LogP contribution in [0.2, 0.25) is 0 Å². The Kier molecular flexibility index (Phi) is 37.5. The largest absolute Gasteiger partial charge is 0.480 e. The molecule has 1 amide bonds. The van der Waals surface area contributed by atoms with Gasteiger partial charge in [-0.05, 0) is 51.4 Å². The van der Waals surface area contributed by atoms with Crippen molar-refractivity contribution in [2.24, 2.45) is 0 Å². The number of carboxylic acid groups (broad SMARTS) is 1. The molecule has 0 saturated carbocycles. The molecule has 0 radical (unpaired) electrons. The van der Waals surface area contributed by atoms with Crippen LogP contribution < -0.4 is 5.32 Å². The average molecular weight is 812 g/mol. The molecule has 0 aromatic heterocycles. The number of allylic oxidation sites excluding steroid dienone is 8. The van der Waals surface area contributed by atoms with Gasteiger partial charge >= 0.3 is 19.8 Å². The first-order valence-corrected chi connectivity index (χ1v) is 23.2. The third-order valence-corrected chi connectivity index (χ3v) is 10.1. The maximum Gasteiger partial charge on any atom is 0.472 e. The minimum absolute atomic E-state index is 0.0689. The summed E-state index contributed by atoms with van der Waals surface area (Å²) >= 11 is 0. The predicted molar refractivity (Wildman–Crippen MR) is 226 cm³/mol. The lowest BCUT2D eigenvalue weighted by Crippen LogP contribution is -2.43. The molecule has 3 unspecified atom stereocenters. The lowest BCUT2D eigenvalue weighted by molar-refractivity contribution is -0.147. The molecular formula is C44H78NO10P. The van der Waals surface area contributed by atoms with E-state index in [4.69, 9.17) is 13.8 Å². The zero-order valence-electron chi connectivity index (χ0n) is 34.9. The number of carbonyl (C=O) groups excluding carboxylic acids is 2. The van der Waals surface area contributed by atoms with E-state index in [1.807, 2.05) is 12.2 Å². The number of hydrogen-bond donors (Lipinski definition) is 4. The summed E-state index contributed by atoms with van der Waals surface area (Å²) in [5.74, 6) is -2.45. The smallest absolute Gasteiger partial charge is 0.472 e. The lowest BCUT2D eigenvalue weighted by atomic mass is 10.0. The van der Waals surface area contributed by atoms with Crippen LogP contribution in [0.5, 0.6) is 0 Å². The number of aliphatic carboxylic acids is 1. The summed E-state index contributed by atoms with van der Waals surface area (Å²) in [5, 5.41) is 21.8. The second-order valence-electron chi connectivity index (χ2n) is 14.5. The fourth-order valence-electron chi connectivity index (χ4n) is 5.72. The van der Waals surface area contributed by atoms with Crippen molar-refractivity contribution in [3.05, 3.63) is 48.6 Å². The molecule has 56 heavy (non-hydrogen) atoms. The third-order valence-electron chi connectivity index (χ3n) is 9.12. The molecule has 11 nitrogen and oxygen atoms in total. The Morgan fingerprint density at radius 2 is 1.00 bits per heavy atom. The van der Waals surface area contributed by atoms with Crippen LogP contribution in [-0.4, -0.2) is 64.9 Å². The number of esters is 1. The lowest BCUT2D eigenvalue weighted by Gasteiger charge is -2.18. The van der Waals surface area contributed by atoms with Gasteiger partial charge in [-0.15, -0.1) is 0 Å². The number of ether oxygens (including phenoxy) is 1. The molecule has 12 heteroatoms. The Bertz CT molecular complexity index is 1140. The van der Waals surface area contributed by atoms with Gasteiger partial charge in [-0.1, -0.05) is 165 Å². The molecule has 0 aliphatic rings. The molecule has 0 spiro atoms. The van der Waals surface area contributed by atoms with Crippen molar-refractivity contribution in [2.75, 3.05) is 19.8 Å². The summed E-state index contributed by atoms with van der Waals surface area (Å²) in [5.41, 5.74) is 0. The monoisotopic (exact) mass is 812 g/mol. The van der Waals surface area contributed by atoms with Gasteiger partial charge in [-0.2, -0.15) is 0 Å². The number of rotatable bonds is 40. The number of aliphatic hydroxyl groups is 1. The van der Waals surface area contributed by atoms with Crippen molar-refractivity contribution in [3.8, 4) is 0 Å². The van der Waals surface area contributed by atoms with Crippen LogP contribution >= 0.6 is 7.82 Å². The minimum atomic E-state index is -4.77. The van der Waals surface area contributed by atoms with E-state index in [1.165, 1.54) is 89.9 Å². The summed E-state index contributed by atoms with van der Waals surface area (Å²) < 4.78 is 26.8. The summed E-state index contributed by atoms with van der Waals surface area (Å²) in [6.07, 6.45) is 42.8. The maximum atomic E-state index is 12.3. The summed E-state index contributed by atoms with van der Waals surface area (Å²) in [7, 11) is -4.77. The standard InChI is InChI=1S/C44H78NO10P/c1-3-5-7-9-11-13-15-17-19-20-22-23-25-27-29-31-33-35-42(47)45-41(44(49)50)39-55-56(51,52)54-38-40(46)37-53-43(48)36-34-32-30-28-26-24-21-18-16-14-12-10-8-6-4-2/h11,13,17,19,22-23,27,29,40-41,46H,3-10,12,14-16,18,20-21,24-26,28,30-39H2,1-2H3,(H,45,47)(H,49,50)(H,51,52)/b13-11-,19-17-,23-22-,29-27-. The number of nitrogens with one attached hydrogen (secondary N) is 1. The summed E-state index contributed by atoms with van der Waals surface area (Å²) in [6.45, 7) is 2.52. The molecular weight excluding hydrogens is 733 g/mol. The van der Waals surface area contributed by atoms with Crippen molar-refractivity contribution < 1.29 is 47.8 Å². The van der Waals surface area contributed by atoms with Crippen LogP contribution in [0.3, 0.4) is 0 Å². The minimum Gasteiger partial charge on any atom is -0.480 e. The first-order chi connectivity index (χ1) is 27.1. The topological polar surface area (TPSA) is 169 Å². The van der Waals surface area contributed by atoms with E-state index in [0.717, 1.165) is 44.9 Å². The van der Waals surface area contributed by atoms with Crippen LogP contribution in [0.1, 0.15) is 181 Å². The highest BCUT2D eigenvalue weighted by atomic mass is 31.2. The molecule has 0 bridgehead atoms. The van der Waals surface area contributed by atoms with Gasteiger partial charge in [-0.3, -0.25) is 18.6 Å². The van der Waals surface area contributed by atoms with Crippen molar-refractivity contribution >= 4 is 25.7 Å². The Hall–Kier alpha value is -2.56. The normalized spacial score (nSPS) is 14.2. The van der Waals surface area contributed by atoms with Crippen molar-refractivity contribution in [1.29, 1.82) is 0 Å². The number of aliphatic hydroxyl groups excluding tert-OH is 1. The Balaban J connectivity index is 3.99. The van der Waals surface area contributed by atoms with E-state index in [0.29, 0.717) is 19.3 Å². The molecule has 0 aliphatic carbocycles. The van der Waals surface area contributed by atoms with E-state index in [-0.39, 0.29) is 12.8 Å². The Morgan fingerprint density at radius 3 is 1.50 bits per heavy atom. The van der Waals surface area contributed by atoms with Gasteiger partial charge in [0, 0.05) is 12.8 Å². The van der Waals surface area contributed by atoms with Crippen LogP contribution in [0, 0.1) is 0 Å². The second kappa shape index (κ2) is 39.3. The Morgan fingerprint density at radius 1 is 0.571 bits per heavy atom. The van der Waals surface area contributed by atoms with Gasteiger partial charge in [0.2, 0.25) is 5.91 Å². The molecule has 0 fully saturated rings.